The van der Waals surface area contributed by atoms with Crippen molar-refractivity contribution in [1.29, 1.82) is 0 Å². The van der Waals surface area contributed by atoms with Gasteiger partial charge in [-0.25, -0.2) is 9.07 Å². The van der Waals surface area contributed by atoms with Gasteiger partial charge in [-0.1, -0.05) is 30.3 Å². The third-order valence-electron chi connectivity index (χ3n) is 4.55. The lowest BCUT2D eigenvalue weighted by Gasteiger charge is -2.16. The van der Waals surface area contributed by atoms with Crippen molar-refractivity contribution in [3.63, 3.8) is 0 Å². The number of aliphatic hydroxyl groups is 1. The van der Waals surface area contributed by atoms with Crippen molar-refractivity contribution in [3.8, 4) is 5.69 Å². The maximum atomic E-state index is 13.3. The Hall–Kier alpha value is -3.52. The van der Waals surface area contributed by atoms with E-state index in [0.717, 1.165) is 5.56 Å². The van der Waals surface area contributed by atoms with Gasteiger partial charge in [0.15, 0.2) is 5.65 Å². The smallest absolute Gasteiger partial charge is 0.227 e. The number of nitrogens with one attached hydrogen (secondary N) is 2. The monoisotopic (exact) mass is 392 g/mol. The molecule has 0 saturated heterocycles. The molecule has 0 spiro atoms. The maximum Gasteiger partial charge on any atom is 0.227 e. The van der Waals surface area contributed by atoms with Gasteiger partial charge >= 0.3 is 0 Å². The molecule has 0 aliphatic heterocycles. The Bertz CT molecular complexity index is 1100. The van der Waals surface area contributed by atoms with Crippen molar-refractivity contribution < 1.29 is 9.50 Å². The van der Waals surface area contributed by atoms with E-state index in [1.807, 2.05) is 37.3 Å². The summed E-state index contributed by atoms with van der Waals surface area (Å²) in [7, 11) is 0. The molecule has 4 rings (SSSR count). The quantitative estimate of drug-likeness (QED) is 0.446. The summed E-state index contributed by atoms with van der Waals surface area (Å²) in [6.45, 7) is 2.35. The van der Waals surface area contributed by atoms with Crippen LogP contribution in [-0.2, 0) is 0 Å². The maximum absolute atomic E-state index is 13.3. The van der Waals surface area contributed by atoms with Crippen LogP contribution in [0, 0.1) is 5.82 Å². The van der Waals surface area contributed by atoms with E-state index in [9.17, 15) is 9.50 Å². The van der Waals surface area contributed by atoms with E-state index >= 15 is 0 Å². The molecule has 0 fully saturated rings. The van der Waals surface area contributed by atoms with Gasteiger partial charge < -0.3 is 15.7 Å². The summed E-state index contributed by atoms with van der Waals surface area (Å²) in [5, 5.41) is 20.7. The first-order chi connectivity index (χ1) is 14.2. The van der Waals surface area contributed by atoms with E-state index in [1.165, 1.54) is 12.1 Å². The summed E-state index contributed by atoms with van der Waals surface area (Å²) in [5.74, 6) is 0.683. The van der Waals surface area contributed by atoms with Crippen LogP contribution < -0.4 is 10.6 Å². The van der Waals surface area contributed by atoms with Crippen LogP contribution in [0.3, 0.4) is 0 Å². The van der Waals surface area contributed by atoms with E-state index in [4.69, 9.17) is 0 Å². The molecule has 8 heteroatoms. The fourth-order valence-electron chi connectivity index (χ4n) is 3.07. The molecule has 148 valence electrons. The average molecular weight is 392 g/mol. The molecule has 3 N–H and O–H groups in total. The average Bonchev–Trinajstić information content (AvgIpc) is 3.17. The molecule has 0 radical (unpaired) electrons. The number of rotatable bonds is 7. The molecule has 2 aromatic heterocycles. The molecule has 0 unspecified atom stereocenters. The van der Waals surface area contributed by atoms with Crippen LogP contribution in [0.4, 0.5) is 16.2 Å². The summed E-state index contributed by atoms with van der Waals surface area (Å²) in [6.07, 6.45) is 1.66. The van der Waals surface area contributed by atoms with E-state index < -0.39 is 0 Å². The van der Waals surface area contributed by atoms with Crippen LogP contribution in [0.15, 0.2) is 60.8 Å². The van der Waals surface area contributed by atoms with Crippen molar-refractivity contribution in [3.05, 3.63) is 72.2 Å². The second kappa shape index (κ2) is 8.24. The van der Waals surface area contributed by atoms with Gasteiger partial charge in [-0.2, -0.15) is 15.1 Å². The van der Waals surface area contributed by atoms with Gasteiger partial charge in [0.1, 0.15) is 11.6 Å². The molecular weight excluding hydrogens is 371 g/mol. The zero-order chi connectivity index (χ0) is 20.2. The molecule has 4 aromatic rings. The SMILES string of the molecule is C[C@@H](Nc1nc(NCCO)c2cnn(-c3ccc(F)cc3)c2n1)c1ccccc1. The van der Waals surface area contributed by atoms with Gasteiger partial charge in [0, 0.05) is 6.54 Å². The Labute approximate surface area is 167 Å². The lowest BCUT2D eigenvalue weighted by molar-refractivity contribution is 0.311. The minimum atomic E-state index is -0.316. The molecule has 0 aliphatic rings. The van der Waals surface area contributed by atoms with Gasteiger partial charge in [-0.05, 0) is 36.8 Å². The molecule has 0 amide bonds. The fraction of sp³-hybridized carbons (Fsp3) is 0.190. The Kier molecular flexibility index (Phi) is 5.35. The number of nitrogens with zero attached hydrogens (tertiary/aromatic N) is 4. The van der Waals surface area contributed by atoms with E-state index in [0.29, 0.717) is 35.0 Å². The fourth-order valence-corrected chi connectivity index (χ4v) is 3.07. The molecule has 0 saturated carbocycles. The van der Waals surface area contributed by atoms with E-state index in [1.54, 1.807) is 23.0 Å². The number of anilines is 2. The van der Waals surface area contributed by atoms with Crippen LogP contribution in [-0.4, -0.2) is 38.0 Å². The number of aromatic nitrogens is 4. The van der Waals surface area contributed by atoms with Gasteiger partial charge in [0.05, 0.1) is 29.9 Å². The van der Waals surface area contributed by atoms with Crippen molar-refractivity contribution in [2.24, 2.45) is 0 Å². The zero-order valence-corrected chi connectivity index (χ0v) is 15.9. The Morgan fingerprint density at radius 3 is 2.55 bits per heavy atom. The van der Waals surface area contributed by atoms with Gasteiger partial charge in [-0.3, -0.25) is 0 Å². The highest BCUT2D eigenvalue weighted by Gasteiger charge is 2.15. The molecule has 2 heterocycles. The Balaban J connectivity index is 1.76. The minimum absolute atomic E-state index is 0.0125. The lowest BCUT2D eigenvalue weighted by atomic mass is 10.1. The Morgan fingerprint density at radius 1 is 1.07 bits per heavy atom. The standard InChI is InChI=1S/C21H21FN6O/c1-14(15-5-3-2-4-6-15)25-21-26-19(23-11-12-29)18-13-24-28(20(18)27-21)17-9-7-16(22)8-10-17/h2-10,13-14,29H,11-12H2,1H3,(H2,23,25,26,27)/t14-/m1/s1. The highest BCUT2D eigenvalue weighted by atomic mass is 19.1. The number of hydrogen-bond acceptors (Lipinski definition) is 6. The van der Waals surface area contributed by atoms with Crippen LogP contribution >= 0.6 is 0 Å². The summed E-state index contributed by atoms with van der Waals surface area (Å²) in [4.78, 5) is 9.22. The third-order valence-corrected chi connectivity index (χ3v) is 4.55. The lowest BCUT2D eigenvalue weighted by Crippen LogP contribution is -2.13. The minimum Gasteiger partial charge on any atom is -0.395 e. The number of hydrogen-bond donors (Lipinski definition) is 3. The molecule has 29 heavy (non-hydrogen) atoms. The predicted octanol–water partition coefficient (Wildman–Crippen LogP) is 3.53. The predicted molar refractivity (Wildman–Crippen MR) is 111 cm³/mol. The van der Waals surface area contributed by atoms with Gasteiger partial charge in [0.2, 0.25) is 5.95 Å². The molecular formula is C21H21FN6O. The number of halogens is 1. The number of aliphatic hydroxyl groups excluding tert-OH is 1. The number of benzene rings is 2. The first kappa shape index (κ1) is 18.8. The third kappa shape index (κ3) is 4.02. The van der Waals surface area contributed by atoms with Gasteiger partial charge in [0.25, 0.3) is 0 Å². The Morgan fingerprint density at radius 2 is 1.83 bits per heavy atom. The highest BCUT2D eigenvalue weighted by Crippen LogP contribution is 2.26. The summed E-state index contributed by atoms with van der Waals surface area (Å²) < 4.78 is 15.0. The second-order valence-corrected chi connectivity index (χ2v) is 6.59. The molecule has 1 atom stereocenters. The first-order valence-corrected chi connectivity index (χ1v) is 9.33. The van der Waals surface area contributed by atoms with Crippen molar-refractivity contribution in [1.82, 2.24) is 19.7 Å². The first-order valence-electron chi connectivity index (χ1n) is 9.33. The van der Waals surface area contributed by atoms with E-state index in [2.05, 4.69) is 25.7 Å². The van der Waals surface area contributed by atoms with Crippen molar-refractivity contribution in [2.75, 3.05) is 23.8 Å². The van der Waals surface area contributed by atoms with Crippen LogP contribution in [0.5, 0.6) is 0 Å². The molecule has 7 nitrogen and oxygen atoms in total. The molecule has 0 aliphatic carbocycles. The van der Waals surface area contributed by atoms with Gasteiger partial charge in [-0.15, -0.1) is 0 Å². The topological polar surface area (TPSA) is 87.9 Å². The summed E-state index contributed by atoms with van der Waals surface area (Å²) >= 11 is 0. The zero-order valence-electron chi connectivity index (χ0n) is 15.9. The van der Waals surface area contributed by atoms with Crippen molar-refractivity contribution in [2.45, 2.75) is 13.0 Å². The van der Waals surface area contributed by atoms with Crippen LogP contribution in [0.2, 0.25) is 0 Å². The van der Waals surface area contributed by atoms with Crippen molar-refractivity contribution >= 4 is 22.8 Å². The summed E-state index contributed by atoms with van der Waals surface area (Å²) in [6, 6.07) is 16.0. The van der Waals surface area contributed by atoms with Crippen LogP contribution in [0.1, 0.15) is 18.5 Å². The second-order valence-electron chi connectivity index (χ2n) is 6.59. The number of fused-ring (bicyclic) bond motifs is 1. The van der Waals surface area contributed by atoms with E-state index in [-0.39, 0.29) is 18.5 Å². The molecule has 0 bridgehead atoms. The largest absolute Gasteiger partial charge is 0.395 e. The summed E-state index contributed by atoms with van der Waals surface area (Å²) in [5.41, 5.74) is 2.37. The molecule has 2 aromatic carbocycles. The normalized spacial score (nSPS) is 12.1. The highest BCUT2D eigenvalue weighted by molar-refractivity contribution is 5.88. The van der Waals surface area contributed by atoms with Crippen LogP contribution in [0.25, 0.3) is 16.7 Å².